The van der Waals surface area contributed by atoms with Gasteiger partial charge in [-0.05, 0) is 37.3 Å². The third kappa shape index (κ3) is 7.13. The summed E-state index contributed by atoms with van der Waals surface area (Å²) < 4.78 is 43.1. The number of aliphatic carboxylic acids is 1. The summed E-state index contributed by atoms with van der Waals surface area (Å²) in [6, 6.07) is 4.00. The van der Waals surface area contributed by atoms with Gasteiger partial charge in [-0.1, -0.05) is 6.07 Å². The van der Waals surface area contributed by atoms with E-state index in [1.165, 1.54) is 0 Å². The van der Waals surface area contributed by atoms with Crippen LogP contribution in [0.25, 0.3) is 0 Å². The largest absolute Gasteiger partial charge is 0.490 e. The lowest BCUT2D eigenvalue weighted by atomic mass is 10.1. The minimum atomic E-state index is -5.08. The highest BCUT2D eigenvalue weighted by Gasteiger charge is 2.42. The third-order valence-corrected chi connectivity index (χ3v) is 4.86. The van der Waals surface area contributed by atoms with Crippen molar-refractivity contribution in [3.63, 3.8) is 0 Å². The maximum atomic E-state index is 12.5. The van der Waals surface area contributed by atoms with E-state index in [2.05, 4.69) is 10.3 Å². The number of nitrogens with zero attached hydrogens (tertiary/aromatic N) is 2. The molecule has 0 radical (unpaired) electrons. The highest BCUT2D eigenvalue weighted by Crippen LogP contribution is 2.34. The summed E-state index contributed by atoms with van der Waals surface area (Å²) in [6.07, 6.45) is 0.519. The molecular formula is C19H26F3N3O5. The smallest absolute Gasteiger partial charge is 0.475 e. The fourth-order valence-electron chi connectivity index (χ4n) is 3.51. The van der Waals surface area contributed by atoms with E-state index in [0.717, 1.165) is 31.6 Å². The van der Waals surface area contributed by atoms with Crippen molar-refractivity contribution >= 4 is 12.0 Å². The summed E-state index contributed by atoms with van der Waals surface area (Å²) in [5.41, 5.74) is 1.01. The average molecular weight is 433 g/mol. The van der Waals surface area contributed by atoms with Crippen molar-refractivity contribution in [2.75, 3.05) is 26.4 Å². The molecular weight excluding hydrogens is 407 g/mol. The second kappa shape index (κ2) is 11.1. The number of carboxylic acids is 1. The number of aromatic nitrogens is 1. The molecule has 1 saturated carbocycles. The number of carbonyl (C=O) groups is 2. The Morgan fingerprint density at radius 1 is 1.40 bits per heavy atom. The van der Waals surface area contributed by atoms with Gasteiger partial charge in [-0.3, -0.25) is 4.98 Å². The number of pyridine rings is 1. The summed E-state index contributed by atoms with van der Waals surface area (Å²) in [6.45, 7) is 5.28. The van der Waals surface area contributed by atoms with Gasteiger partial charge in [0.05, 0.1) is 18.8 Å². The van der Waals surface area contributed by atoms with Crippen molar-refractivity contribution in [2.45, 2.75) is 44.6 Å². The quantitative estimate of drug-likeness (QED) is 0.740. The first kappa shape index (κ1) is 23.9. The number of morpholine rings is 1. The number of carbonyl (C=O) groups excluding carboxylic acids is 1. The van der Waals surface area contributed by atoms with E-state index in [0.29, 0.717) is 25.6 Å². The molecule has 3 atom stereocenters. The van der Waals surface area contributed by atoms with Gasteiger partial charge in [-0.15, -0.1) is 0 Å². The second-order valence-electron chi connectivity index (χ2n) is 6.99. The number of ether oxygens (including phenoxy) is 2. The first-order valence-corrected chi connectivity index (χ1v) is 9.65. The summed E-state index contributed by atoms with van der Waals surface area (Å²) in [5.74, 6) is -2.27. The zero-order chi connectivity index (χ0) is 22.1. The Bertz CT molecular complexity index is 690. The van der Waals surface area contributed by atoms with Gasteiger partial charge in [0, 0.05) is 38.7 Å². The third-order valence-electron chi connectivity index (χ3n) is 4.86. The lowest BCUT2D eigenvalue weighted by Gasteiger charge is -2.37. The lowest BCUT2D eigenvalue weighted by Crippen LogP contribution is -2.54. The fraction of sp³-hybridized carbons (Fsp3) is 0.632. The molecule has 2 aliphatic rings. The van der Waals surface area contributed by atoms with Gasteiger partial charge in [-0.2, -0.15) is 13.2 Å². The summed E-state index contributed by atoms with van der Waals surface area (Å²) >= 11 is 0. The Hall–Kier alpha value is -2.40. The van der Waals surface area contributed by atoms with Gasteiger partial charge in [-0.25, -0.2) is 9.59 Å². The number of halogens is 3. The van der Waals surface area contributed by atoms with Crippen LogP contribution in [-0.2, 0) is 20.8 Å². The molecule has 8 nitrogen and oxygen atoms in total. The Morgan fingerprint density at radius 2 is 2.13 bits per heavy atom. The number of rotatable bonds is 5. The van der Waals surface area contributed by atoms with Crippen LogP contribution in [0.15, 0.2) is 24.5 Å². The number of amides is 2. The molecule has 2 fully saturated rings. The average Bonchev–Trinajstić information content (AvgIpc) is 3.14. The van der Waals surface area contributed by atoms with Gasteiger partial charge in [0.15, 0.2) is 0 Å². The topological polar surface area (TPSA) is 101 Å². The molecule has 0 spiro atoms. The van der Waals surface area contributed by atoms with Crippen molar-refractivity contribution < 1.29 is 37.3 Å². The Balaban J connectivity index is 0.000000396. The number of hydrogen-bond acceptors (Lipinski definition) is 5. The zero-order valence-electron chi connectivity index (χ0n) is 16.6. The normalized spacial score (nSPS) is 23.2. The summed E-state index contributed by atoms with van der Waals surface area (Å²) in [4.78, 5) is 27.4. The standard InChI is InChI=1S/C17H25N3O3.C2HF3O2/c1-2-22-12-14-8-15-16(9-14)23-7-6-20(15)17(21)19-11-13-4-3-5-18-10-13;3-2(4,5)1(6)7/h3-5,10,14-16H,2,6-9,11-12H2,1H3,(H,19,21);(H,6,7). The molecule has 11 heteroatoms. The van der Waals surface area contributed by atoms with Crippen LogP contribution in [-0.4, -0.2) is 71.7 Å². The highest BCUT2D eigenvalue weighted by atomic mass is 19.4. The van der Waals surface area contributed by atoms with E-state index in [1.807, 2.05) is 24.0 Å². The van der Waals surface area contributed by atoms with Crippen LogP contribution >= 0.6 is 0 Å². The zero-order valence-corrected chi connectivity index (χ0v) is 16.6. The molecule has 0 aromatic carbocycles. The van der Waals surface area contributed by atoms with Gasteiger partial charge < -0.3 is 24.8 Å². The van der Waals surface area contributed by atoms with Crippen molar-refractivity contribution in [3.8, 4) is 0 Å². The molecule has 3 unspecified atom stereocenters. The van der Waals surface area contributed by atoms with Gasteiger partial charge in [0.25, 0.3) is 0 Å². The van der Waals surface area contributed by atoms with E-state index in [4.69, 9.17) is 19.4 Å². The predicted molar refractivity (Wildman–Crippen MR) is 99.6 cm³/mol. The number of alkyl halides is 3. The van der Waals surface area contributed by atoms with E-state index in [9.17, 15) is 18.0 Å². The molecule has 1 aromatic heterocycles. The van der Waals surface area contributed by atoms with E-state index >= 15 is 0 Å². The number of hydrogen-bond donors (Lipinski definition) is 2. The van der Waals surface area contributed by atoms with Gasteiger partial charge in [0.2, 0.25) is 0 Å². The van der Waals surface area contributed by atoms with Crippen LogP contribution in [0.5, 0.6) is 0 Å². The highest BCUT2D eigenvalue weighted by molar-refractivity contribution is 5.74. The van der Waals surface area contributed by atoms with Crippen molar-refractivity contribution in [1.82, 2.24) is 15.2 Å². The first-order valence-electron chi connectivity index (χ1n) is 9.65. The van der Waals surface area contributed by atoms with Gasteiger partial charge in [0.1, 0.15) is 0 Å². The maximum Gasteiger partial charge on any atom is 0.490 e. The van der Waals surface area contributed by atoms with Crippen molar-refractivity contribution in [1.29, 1.82) is 0 Å². The number of urea groups is 1. The summed E-state index contributed by atoms with van der Waals surface area (Å²) in [7, 11) is 0. The monoisotopic (exact) mass is 433 g/mol. The lowest BCUT2D eigenvalue weighted by molar-refractivity contribution is -0.192. The van der Waals surface area contributed by atoms with E-state index in [1.54, 1.807) is 12.4 Å². The second-order valence-corrected chi connectivity index (χ2v) is 6.99. The molecule has 0 bridgehead atoms. The van der Waals surface area contributed by atoms with Crippen LogP contribution in [0.4, 0.5) is 18.0 Å². The van der Waals surface area contributed by atoms with E-state index in [-0.39, 0.29) is 18.2 Å². The minimum absolute atomic E-state index is 0.00999. The molecule has 1 saturated heterocycles. The molecule has 2 N–H and O–H groups in total. The van der Waals surface area contributed by atoms with Crippen LogP contribution in [0, 0.1) is 5.92 Å². The van der Waals surface area contributed by atoms with Crippen LogP contribution in [0.3, 0.4) is 0 Å². The van der Waals surface area contributed by atoms with Crippen molar-refractivity contribution in [3.05, 3.63) is 30.1 Å². The van der Waals surface area contributed by atoms with Crippen LogP contribution in [0.1, 0.15) is 25.3 Å². The summed E-state index contributed by atoms with van der Waals surface area (Å²) in [5, 5.41) is 10.1. The Labute approximate surface area is 172 Å². The number of carboxylic acid groups (broad SMARTS) is 1. The molecule has 2 amide bonds. The molecule has 1 aliphatic heterocycles. The fourth-order valence-corrected chi connectivity index (χ4v) is 3.51. The molecule has 2 heterocycles. The molecule has 30 heavy (non-hydrogen) atoms. The minimum Gasteiger partial charge on any atom is -0.475 e. The SMILES string of the molecule is CCOCC1CC2OCCN(C(=O)NCc3cccnc3)C2C1.O=C(O)C(F)(F)F. The van der Waals surface area contributed by atoms with E-state index < -0.39 is 12.1 Å². The van der Waals surface area contributed by atoms with Crippen LogP contribution < -0.4 is 5.32 Å². The predicted octanol–water partition coefficient (Wildman–Crippen LogP) is 2.44. The van der Waals surface area contributed by atoms with Crippen LogP contribution in [0.2, 0.25) is 0 Å². The molecule has 1 aromatic rings. The Kier molecular flexibility index (Phi) is 8.85. The number of nitrogens with one attached hydrogen (secondary N) is 1. The number of fused-ring (bicyclic) bond motifs is 1. The first-order chi connectivity index (χ1) is 14.2. The Morgan fingerprint density at radius 3 is 2.73 bits per heavy atom. The maximum absolute atomic E-state index is 12.5. The molecule has 168 valence electrons. The van der Waals surface area contributed by atoms with Crippen molar-refractivity contribution in [2.24, 2.45) is 5.92 Å². The molecule has 3 rings (SSSR count). The molecule has 1 aliphatic carbocycles. The van der Waals surface area contributed by atoms with Gasteiger partial charge >= 0.3 is 18.2 Å².